The highest BCUT2D eigenvalue weighted by Crippen LogP contribution is 2.66. The quantitative estimate of drug-likeness (QED) is 0.548. The van der Waals surface area contributed by atoms with Crippen molar-refractivity contribution in [3.05, 3.63) is 12.7 Å². The van der Waals surface area contributed by atoms with E-state index >= 15 is 0 Å². The van der Waals surface area contributed by atoms with Gasteiger partial charge in [0.2, 0.25) is 0 Å². The van der Waals surface area contributed by atoms with E-state index in [1.807, 2.05) is 0 Å². The van der Waals surface area contributed by atoms with Crippen molar-refractivity contribution in [2.75, 3.05) is 21.3 Å². The smallest absolute Gasteiger partial charge is 0.377 e. The van der Waals surface area contributed by atoms with Crippen LogP contribution in [0.2, 0.25) is 5.04 Å². The maximum atomic E-state index is 5.69. The van der Waals surface area contributed by atoms with Crippen molar-refractivity contribution in [2.45, 2.75) is 30.7 Å². The van der Waals surface area contributed by atoms with E-state index in [0.29, 0.717) is 5.92 Å². The van der Waals surface area contributed by atoms with E-state index in [1.54, 1.807) is 21.3 Å². The van der Waals surface area contributed by atoms with E-state index in [2.05, 4.69) is 12.7 Å². The van der Waals surface area contributed by atoms with Crippen LogP contribution in [0.1, 0.15) is 25.7 Å². The Balaban J connectivity index is 2.28. The Morgan fingerprint density at radius 1 is 1.19 bits per heavy atom. The van der Waals surface area contributed by atoms with E-state index in [0.717, 1.165) is 12.3 Å². The molecule has 2 saturated carbocycles. The zero-order valence-electron chi connectivity index (χ0n) is 10.5. The molecule has 92 valence electrons. The molecule has 0 aromatic heterocycles. The standard InChI is InChI=1S/C12H22O3Si/c1-5-10-8-12(7-6-11(10)9-12)16(13-2,14-3)15-4/h5,10-11H,1,6-9H2,2-4H3. The molecule has 0 heterocycles. The molecule has 0 spiro atoms. The Morgan fingerprint density at radius 2 is 1.81 bits per heavy atom. The summed E-state index contributed by atoms with van der Waals surface area (Å²) in [5.41, 5.74) is 0. The molecule has 2 fully saturated rings. The first kappa shape index (κ1) is 12.3. The van der Waals surface area contributed by atoms with Gasteiger partial charge in [0.05, 0.1) is 0 Å². The monoisotopic (exact) mass is 242 g/mol. The van der Waals surface area contributed by atoms with Crippen LogP contribution in [0, 0.1) is 11.8 Å². The molecule has 0 N–H and O–H groups in total. The van der Waals surface area contributed by atoms with Crippen LogP contribution in [0.5, 0.6) is 0 Å². The van der Waals surface area contributed by atoms with Crippen LogP contribution in [0.4, 0.5) is 0 Å². The van der Waals surface area contributed by atoms with Crippen LogP contribution in [-0.2, 0) is 13.3 Å². The van der Waals surface area contributed by atoms with Gasteiger partial charge in [-0.3, -0.25) is 0 Å². The minimum absolute atomic E-state index is 0.148. The van der Waals surface area contributed by atoms with Gasteiger partial charge in [-0.05, 0) is 37.5 Å². The van der Waals surface area contributed by atoms with Gasteiger partial charge in [0.15, 0.2) is 0 Å². The van der Waals surface area contributed by atoms with Crippen molar-refractivity contribution in [1.82, 2.24) is 0 Å². The summed E-state index contributed by atoms with van der Waals surface area (Å²) in [5.74, 6) is 1.39. The number of rotatable bonds is 5. The van der Waals surface area contributed by atoms with Crippen LogP contribution in [0.25, 0.3) is 0 Å². The van der Waals surface area contributed by atoms with Crippen LogP contribution >= 0.6 is 0 Å². The Kier molecular flexibility index (Phi) is 3.27. The van der Waals surface area contributed by atoms with E-state index in [9.17, 15) is 0 Å². The lowest BCUT2D eigenvalue weighted by Gasteiger charge is -2.40. The molecule has 3 unspecified atom stereocenters. The summed E-state index contributed by atoms with van der Waals surface area (Å²) in [5, 5.41) is 0.148. The van der Waals surface area contributed by atoms with E-state index in [-0.39, 0.29) is 5.04 Å². The molecule has 0 amide bonds. The lowest BCUT2D eigenvalue weighted by atomic mass is 9.89. The van der Waals surface area contributed by atoms with Crippen LogP contribution in [-0.4, -0.2) is 30.1 Å². The molecule has 16 heavy (non-hydrogen) atoms. The van der Waals surface area contributed by atoms with Crippen molar-refractivity contribution >= 4 is 8.80 Å². The summed E-state index contributed by atoms with van der Waals surface area (Å²) in [6.45, 7) is 3.95. The number of allylic oxidation sites excluding steroid dienone is 1. The number of hydrogen-bond donors (Lipinski definition) is 0. The summed E-state index contributed by atoms with van der Waals surface area (Å²) >= 11 is 0. The Morgan fingerprint density at radius 3 is 2.25 bits per heavy atom. The highest BCUT2D eigenvalue weighted by atomic mass is 28.4. The third-order valence-corrected chi connectivity index (χ3v) is 8.21. The maximum Gasteiger partial charge on any atom is 0.506 e. The molecule has 3 atom stereocenters. The first-order valence-electron chi connectivity index (χ1n) is 5.95. The van der Waals surface area contributed by atoms with Gasteiger partial charge >= 0.3 is 8.80 Å². The predicted octanol–water partition coefficient (Wildman–Crippen LogP) is 2.61. The SMILES string of the molecule is C=CC1CC2([Si](OC)(OC)OC)CCC1C2. The van der Waals surface area contributed by atoms with E-state index < -0.39 is 8.80 Å². The molecule has 2 aliphatic carbocycles. The van der Waals surface area contributed by atoms with Crippen LogP contribution in [0.3, 0.4) is 0 Å². The molecular weight excluding hydrogens is 220 g/mol. The van der Waals surface area contributed by atoms with Gasteiger partial charge in [-0.15, -0.1) is 6.58 Å². The van der Waals surface area contributed by atoms with Gasteiger partial charge in [-0.25, -0.2) is 0 Å². The zero-order valence-corrected chi connectivity index (χ0v) is 11.5. The van der Waals surface area contributed by atoms with Crippen molar-refractivity contribution in [3.63, 3.8) is 0 Å². The Hall–Kier alpha value is -0.163. The fourth-order valence-electron chi connectivity index (χ4n) is 3.91. The van der Waals surface area contributed by atoms with Crippen molar-refractivity contribution < 1.29 is 13.3 Å². The van der Waals surface area contributed by atoms with Crippen molar-refractivity contribution in [3.8, 4) is 0 Å². The summed E-state index contributed by atoms with van der Waals surface area (Å²) in [6.07, 6.45) is 6.87. The second kappa shape index (κ2) is 4.26. The fraction of sp³-hybridized carbons (Fsp3) is 0.833. The molecule has 2 aliphatic rings. The fourth-order valence-corrected chi connectivity index (χ4v) is 7.16. The average molecular weight is 242 g/mol. The van der Waals surface area contributed by atoms with Crippen molar-refractivity contribution in [1.29, 1.82) is 0 Å². The topological polar surface area (TPSA) is 27.7 Å². The lowest BCUT2D eigenvalue weighted by Crippen LogP contribution is -2.53. The van der Waals surface area contributed by atoms with Gasteiger partial charge in [0.25, 0.3) is 0 Å². The highest BCUT2D eigenvalue weighted by molar-refractivity contribution is 6.64. The maximum absolute atomic E-state index is 5.69. The molecule has 0 aliphatic heterocycles. The number of hydrogen-bond acceptors (Lipinski definition) is 3. The molecule has 0 aromatic rings. The lowest BCUT2D eigenvalue weighted by molar-refractivity contribution is 0.0878. The third kappa shape index (κ3) is 1.44. The molecular formula is C12H22O3Si. The molecule has 3 nitrogen and oxygen atoms in total. The summed E-state index contributed by atoms with van der Waals surface area (Å²) in [6, 6.07) is 0. The summed E-state index contributed by atoms with van der Waals surface area (Å²) in [4.78, 5) is 0. The first-order valence-corrected chi connectivity index (χ1v) is 7.67. The minimum atomic E-state index is -2.50. The minimum Gasteiger partial charge on any atom is -0.377 e. The van der Waals surface area contributed by atoms with Gasteiger partial charge < -0.3 is 13.3 Å². The summed E-state index contributed by atoms with van der Waals surface area (Å²) in [7, 11) is 2.68. The molecule has 0 saturated heterocycles. The summed E-state index contributed by atoms with van der Waals surface area (Å²) < 4.78 is 17.1. The predicted molar refractivity (Wildman–Crippen MR) is 65.1 cm³/mol. The third-order valence-electron chi connectivity index (χ3n) is 4.64. The van der Waals surface area contributed by atoms with Crippen LogP contribution in [0.15, 0.2) is 12.7 Å². The Bertz CT molecular complexity index is 269. The van der Waals surface area contributed by atoms with E-state index in [4.69, 9.17) is 13.3 Å². The molecule has 4 heteroatoms. The zero-order chi connectivity index (χ0) is 11.8. The second-order valence-electron chi connectivity index (χ2n) is 5.06. The molecule has 2 rings (SSSR count). The van der Waals surface area contributed by atoms with Gasteiger partial charge in [0.1, 0.15) is 0 Å². The van der Waals surface area contributed by atoms with Crippen molar-refractivity contribution in [2.24, 2.45) is 11.8 Å². The second-order valence-corrected chi connectivity index (χ2v) is 8.45. The first-order chi connectivity index (χ1) is 7.67. The van der Waals surface area contributed by atoms with E-state index in [1.165, 1.54) is 19.3 Å². The number of fused-ring (bicyclic) bond motifs is 2. The van der Waals surface area contributed by atoms with Gasteiger partial charge in [-0.1, -0.05) is 6.08 Å². The largest absolute Gasteiger partial charge is 0.506 e. The normalized spacial score (nSPS) is 37.9. The molecule has 2 bridgehead atoms. The highest BCUT2D eigenvalue weighted by Gasteiger charge is 2.66. The molecule has 0 aromatic carbocycles. The van der Waals surface area contributed by atoms with Crippen LogP contribution < -0.4 is 0 Å². The Labute approximate surface area is 99.1 Å². The average Bonchev–Trinajstić information content (AvgIpc) is 2.90. The molecule has 0 radical (unpaired) electrons. The van der Waals surface area contributed by atoms with Gasteiger partial charge in [-0.2, -0.15) is 0 Å². The van der Waals surface area contributed by atoms with Gasteiger partial charge in [0, 0.05) is 26.4 Å².